The van der Waals surface area contributed by atoms with Crippen LogP contribution in [0.15, 0.2) is 54.6 Å². The summed E-state index contributed by atoms with van der Waals surface area (Å²) < 4.78 is 1.84. The Labute approximate surface area is 158 Å². The van der Waals surface area contributed by atoms with Crippen LogP contribution in [-0.2, 0) is 0 Å². The predicted molar refractivity (Wildman–Crippen MR) is 105 cm³/mol. The zero-order valence-corrected chi connectivity index (χ0v) is 15.6. The largest absolute Gasteiger partial charge is 0.352 e. The number of carbonyl (C=O) groups is 2. The Hall–Kier alpha value is -3.41. The Morgan fingerprint density at radius 2 is 1.70 bits per heavy atom. The van der Waals surface area contributed by atoms with E-state index in [9.17, 15) is 9.59 Å². The van der Waals surface area contributed by atoms with Gasteiger partial charge in [0.2, 0.25) is 0 Å². The summed E-state index contributed by atoms with van der Waals surface area (Å²) in [6.07, 6.45) is 0. The Bertz CT molecular complexity index is 974. The molecule has 2 N–H and O–H groups in total. The van der Waals surface area contributed by atoms with Crippen molar-refractivity contribution in [1.29, 1.82) is 0 Å². The molecule has 3 rings (SSSR count). The fraction of sp³-hybridized carbons (Fsp3) is 0.190. The Kier molecular flexibility index (Phi) is 5.35. The molecular weight excluding hydrogens is 340 g/mol. The number of hydrogen-bond acceptors (Lipinski definition) is 3. The molecule has 138 valence electrons. The van der Waals surface area contributed by atoms with Gasteiger partial charge in [-0.3, -0.25) is 9.59 Å². The van der Waals surface area contributed by atoms with Gasteiger partial charge in [0.15, 0.2) is 0 Å². The number of rotatable bonds is 5. The minimum absolute atomic E-state index is 0.164. The average Bonchev–Trinajstić information content (AvgIpc) is 3.00. The van der Waals surface area contributed by atoms with Crippen molar-refractivity contribution in [2.24, 2.45) is 0 Å². The number of anilines is 1. The number of aryl methyl sites for hydroxylation is 2. The molecule has 2 amide bonds. The van der Waals surface area contributed by atoms with Crippen molar-refractivity contribution in [2.75, 3.05) is 11.9 Å². The lowest BCUT2D eigenvalue weighted by atomic mass is 10.1. The summed E-state index contributed by atoms with van der Waals surface area (Å²) in [7, 11) is 0. The van der Waals surface area contributed by atoms with Crippen molar-refractivity contribution in [3.63, 3.8) is 0 Å². The monoisotopic (exact) mass is 362 g/mol. The van der Waals surface area contributed by atoms with Crippen molar-refractivity contribution in [3.8, 4) is 5.69 Å². The first kappa shape index (κ1) is 18.4. The SMILES string of the molecule is CCNC(=O)c1cccc(NC(=O)c2ccc(-n3nc(C)cc3C)cc2)c1. The summed E-state index contributed by atoms with van der Waals surface area (Å²) in [4.78, 5) is 24.4. The van der Waals surface area contributed by atoms with E-state index in [0.29, 0.717) is 23.4 Å². The van der Waals surface area contributed by atoms with Gasteiger partial charge in [-0.05, 0) is 69.3 Å². The van der Waals surface area contributed by atoms with E-state index in [0.717, 1.165) is 17.1 Å². The topological polar surface area (TPSA) is 76.0 Å². The minimum atomic E-state index is -0.233. The standard InChI is InChI=1S/C21H22N4O2/c1-4-22-20(26)17-6-5-7-18(13-17)23-21(27)16-8-10-19(11-9-16)25-15(3)12-14(2)24-25/h5-13H,4H2,1-3H3,(H,22,26)(H,23,27). The third kappa shape index (κ3) is 4.23. The average molecular weight is 362 g/mol. The van der Waals surface area contributed by atoms with Crippen LogP contribution < -0.4 is 10.6 Å². The van der Waals surface area contributed by atoms with Gasteiger partial charge in [0.05, 0.1) is 11.4 Å². The number of aromatic nitrogens is 2. The highest BCUT2D eigenvalue weighted by molar-refractivity contribution is 6.05. The van der Waals surface area contributed by atoms with Crippen molar-refractivity contribution < 1.29 is 9.59 Å². The molecule has 0 aliphatic heterocycles. The van der Waals surface area contributed by atoms with Crippen LogP contribution in [0.3, 0.4) is 0 Å². The first-order valence-corrected chi connectivity index (χ1v) is 8.81. The molecule has 0 bridgehead atoms. The normalized spacial score (nSPS) is 10.5. The predicted octanol–water partition coefficient (Wildman–Crippen LogP) is 3.49. The van der Waals surface area contributed by atoms with Crippen molar-refractivity contribution in [3.05, 3.63) is 77.1 Å². The van der Waals surface area contributed by atoms with E-state index in [-0.39, 0.29) is 11.8 Å². The van der Waals surface area contributed by atoms with Gasteiger partial charge in [-0.15, -0.1) is 0 Å². The summed E-state index contributed by atoms with van der Waals surface area (Å²) >= 11 is 0. The Balaban J connectivity index is 1.74. The van der Waals surface area contributed by atoms with E-state index in [4.69, 9.17) is 0 Å². The van der Waals surface area contributed by atoms with Crippen LogP contribution in [0.2, 0.25) is 0 Å². The molecule has 2 aromatic carbocycles. The summed E-state index contributed by atoms with van der Waals surface area (Å²) in [5, 5.41) is 10.0. The third-order valence-corrected chi connectivity index (χ3v) is 4.10. The van der Waals surface area contributed by atoms with Gasteiger partial charge in [-0.2, -0.15) is 5.10 Å². The molecule has 1 aromatic heterocycles. The Morgan fingerprint density at radius 3 is 2.33 bits per heavy atom. The van der Waals surface area contributed by atoms with Crippen LogP contribution in [0.5, 0.6) is 0 Å². The van der Waals surface area contributed by atoms with E-state index in [1.807, 2.05) is 43.7 Å². The van der Waals surface area contributed by atoms with E-state index < -0.39 is 0 Å². The molecule has 0 aliphatic carbocycles. The first-order chi connectivity index (χ1) is 13.0. The Morgan fingerprint density at radius 1 is 0.963 bits per heavy atom. The summed E-state index contributed by atoms with van der Waals surface area (Å²) in [5.41, 5.74) is 4.49. The van der Waals surface area contributed by atoms with Gasteiger partial charge in [0.25, 0.3) is 11.8 Å². The summed E-state index contributed by atoms with van der Waals surface area (Å²) in [6.45, 7) is 6.35. The van der Waals surface area contributed by atoms with Crippen LogP contribution in [0, 0.1) is 13.8 Å². The molecule has 0 aliphatic rings. The second-order valence-electron chi connectivity index (χ2n) is 6.28. The summed E-state index contributed by atoms with van der Waals surface area (Å²) in [6, 6.07) is 16.1. The van der Waals surface area contributed by atoms with E-state index >= 15 is 0 Å². The number of benzene rings is 2. The highest BCUT2D eigenvalue weighted by Gasteiger charge is 2.10. The molecule has 0 fully saturated rings. The highest BCUT2D eigenvalue weighted by Crippen LogP contribution is 2.15. The molecule has 27 heavy (non-hydrogen) atoms. The molecule has 0 unspecified atom stereocenters. The van der Waals surface area contributed by atoms with Gasteiger partial charge in [-0.1, -0.05) is 6.07 Å². The zero-order valence-electron chi connectivity index (χ0n) is 15.6. The molecule has 1 heterocycles. The van der Waals surface area contributed by atoms with Crippen LogP contribution in [-0.4, -0.2) is 28.1 Å². The van der Waals surface area contributed by atoms with E-state index in [1.165, 1.54) is 0 Å². The molecule has 0 saturated heterocycles. The van der Waals surface area contributed by atoms with Crippen LogP contribution in [0.25, 0.3) is 5.69 Å². The second kappa shape index (κ2) is 7.86. The van der Waals surface area contributed by atoms with Crippen molar-refractivity contribution >= 4 is 17.5 Å². The maximum atomic E-state index is 12.5. The molecule has 3 aromatic rings. The van der Waals surface area contributed by atoms with Crippen LogP contribution in [0.1, 0.15) is 39.0 Å². The van der Waals surface area contributed by atoms with Gasteiger partial charge < -0.3 is 10.6 Å². The number of nitrogens with one attached hydrogen (secondary N) is 2. The fourth-order valence-electron chi connectivity index (χ4n) is 2.85. The lowest BCUT2D eigenvalue weighted by molar-refractivity contribution is 0.0954. The third-order valence-electron chi connectivity index (χ3n) is 4.10. The molecule has 0 saturated carbocycles. The number of hydrogen-bond donors (Lipinski definition) is 2. The minimum Gasteiger partial charge on any atom is -0.352 e. The van der Waals surface area contributed by atoms with E-state index in [2.05, 4.69) is 15.7 Å². The molecule has 0 atom stereocenters. The smallest absolute Gasteiger partial charge is 0.255 e. The first-order valence-electron chi connectivity index (χ1n) is 8.81. The quantitative estimate of drug-likeness (QED) is 0.729. The maximum Gasteiger partial charge on any atom is 0.255 e. The lowest BCUT2D eigenvalue weighted by Gasteiger charge is -2.09. The van der Waals surface area contributed by atoms with Crippen molar-refractivity contribution in [2.45, 2.75) is 20.8 Å². The van der Waals surface area contributed by atoms with E-state index in [1.54, 1.807) is 36.4 Å². The maximum absolute atomic E-state index is 12.5. The molecule has 0 radical (unpaired) electrons. The highest BCUT2D eigenvalue weighted by atomic mass is 16.2. The van der Waals surface area contributed by atoms with Gasteiger partial charge in [-0.25, -0.2) is 4.68 Å². The molecular formula is C21H22N4O2. The molecule has 6 heteroatoms. The number of nitrogens with zero attached hydrogens (tertiary/aromatic N) is 2. The fourth-order valence-corrected chi connectivity index (χ4v) is 2.85. The number of amides is 2. The van der Waals surface area contributed by atoms with Crippen LogP contribution in [0.4, 0.5) is 5.69 Å². The molecule has 0 spiro atoms. The van der Waals surface area contributed by atoms with Gasteiger partial charge in [0, 0.05) is 29.1 Å². The van der Waals surface area contributed by atoms with Crippen molar-refractivity contribution in [1.82, 2.24) is 15.1 Å². The van der Waals surface area contributed by atoms with Gasteiger partial charge >= 0.3 is 0 Å². The molecule has 6 nitrogen and oxygen atoms in total. The van der Waals surface area contributed by atoms with Gasteiger partial charge in [0.1, 0.15) is 0 Å². The lowest BCUT2D eigenvalue weighted by Crippen LogP contribution is -2.22. The zero-order chi connectivity index (χ0) is 19.4. The second-order valence-corrected chi connectivity index (χ2v) is 6.28. The number of carbonyl (C=O) groups excluding carboxylic acids is 2. The summed E-state index contributed by atoms with van der Waals surface area (Å²) in [5.74, 6) is -0.397. The van der Waals surface area contributed by atoms with Crippen LogP contribution >= 0.6 is 0 Å².